The average molecular weight is 365 g/mol. The molecule has 0 saturated carbocycles. The highest BCUT2D eigenvalue weighted by Crippen LogP contribution is 2.40. The Morgan fingerprint density at radius 3 is 2.36 bits per heavy atom. The van der Waals surface area contributed by atoms with Crippen LogP contribution in [0.25, 0.3) is 0 Å². The maximum Gasteiger partial charge on any atom is 0.258 e. The summed E-state index contributed by atoms with van der Waals surface area (Å²) in [5.41, 5.74) is 1.50. The lowest BCUT2D eigenvalue weighted by atomic mass is 10.1. The Labute approximate surface area is 151 Å². The molecule has 25 heavy (non-hydrogen) atoms. The van der Waals surface area contributed by atoms with Gasteiger partial charge in [-0.3, -0.25) is 4.79 Å². The molecule has 0 radical (unpaired) electrons. The van der Waals surface area contributed by atoms with Crippen molar-refractivity contribution in [1.29, 1.82) is 0 Å². The van der Waals surface area contributed by atoms with Crippen LogP contribution < -0.4 is 14.2 Å². The van der Waals surface area contributed by atoms with Crippen molar-refractivity contribution < 1.29 is 23.7 Å². The van der Waals surface area contributed by atoms with Gasteiger partial charge in [-0.1, -0.05) is 0 Å². The van der Waals surface area contributed by atoms with Crippen LogP contribution >= 0.6 is 11.3 Å². The van der Waals surface area contributed by atoms with Gasteiger partial charge in [0.15, 0.2) is 11.5 Å². The zero-order chi connectivity index (χ0) is 18.2. The molecule has 0 atom stereocenters. The molecule has 0 unspecified atom stereocenters. The number of thiophene rings is 1. The molecule has 1 amide bonds. The summed E-state index contributed by atoms with van der Waals surface area (Å²) < 4.78 is 21.2. The molecule has 0 aliphatic carbocycles. The number of nitrogens with zero attached hydrogens (tertiary/aromatic N) is 1. The third-order valence-electron chi connectivity index (χ3n) is 3.74. The minimum Gasteiger partial charge on any atom is -0.493 e. The molecule has 136 valence electrons. The number of benzene rings is 1. The molecule has 6 nitrogen and oxygen atoms in total. The lowest BCUT2D eigenvalue weighted by Crippen LogP contribution is -2.33. The first kappa shape index (κ1) is 19.1. The van der Waals surface area contributed by atoms with E-state index in [0.717, 1.165) is 5.56 Å². The molecule has 0 fully saturated rings. The Balaban J connectivity index is 2.37. The molecule has 1 heterocycles. The number of carbonyl (C=O) groups is 1. The smallest absolute Gasteiger partial charge is 0.258 e. The molecular formula is C18H23NO5S. The van der Waals surface area contributed by atoms with Crippen LogP contribution in [0.5, 0.6) is 17.2 Å². The number of hydrogen-bond acceptors (Lipinski definition) is 6. The van der Waals surface area contributed by atoms with Gasteiger partial charge in [0, 0.05) is 20.2 Å². The van der Waals surface area contributed by atoms with Gasteiger partial charge in [0.2, 0.25) is 5.75 Å². The summed E-state index contributed by atoms with van der Waals surface area (Å²) in [5.74, 6) is 1.12. The van der Waals surface area contributed by atoms with Crippen LogP contribution in [0, 0.1) is 0 Å². The maximum absolute atomic E-state index is 13.1. The first-order valence-corrected chi connectivity index (χ1v) is 8.68. The predicted molar refractivity (Wildman–Crippen MR) is 97.0 cm³/mol. The maximum atomic E-state index is 13.1. The van der Waals surface area contributed by atoms with E-state index in [4.69, 9.17) is 18.9 Å². The van der Waals surface area contributed by atoms with E-state index in [1.165, 1.54) is 14.2 Å². The summed E-state index contributed by atoms with van der Waals surface area (Å²) in [6, 6.07) is 5.40. The van der Waals surface area contributed by atoms with Crippen LogP contribution in [-0.2, 0) is 11.3 Å². The second-order valence-corrected chi connectivity index (χ2v) is 6.01. The van der Waals surface area contributed by atoms with Crippen molar-refractivity contribution in [3.05, 3.63) is 40.1 Å². The van der Waals surface area contributed by atoms with Crippen LogP contribution in [0.1, 0.15) is 15.9 Å². The van der Waals surface area contributed by atoms with Crippen LogP contribution in [-0.4, -0.2) is 52.4 Å². The molecule has 0 bridgehead atoms. The number of methoxy groups -OCH3 is 4. The van der Waals surface area contributed by atoms with Gasteiger partial charge in [0.05, 0.1) is 33.5 Å². The van der Waals surface area contributed by atoms with E-state index < -0.39 is 0 Å². The highest BCUT2D eigenvalue weighted by molar-refractivity contribution is 7.07. The standard InChI is InChI=1S/C18H23NO5S/c1-21-9-8-19(11-13-7-10-25-12-13)18(20)14-5-6-15(22-2)17(24-4)16(14)23-3/h5-7,10,12H,8-9,11H2,1-4H3. The van der Waals surface area contributed by atoms with Crippen LogP contribution in [0.3, 0.4) is 0 Å². The zero-order valence-electron chi connectivity index (χ0n) is 14.9. The van der Waals surface area contributed by atoms with Gasteiger partial charge < -0.3 is 23.8 Å². The monoisotopic (exact) mass is 365 g/mol. The molecule has 0 N–H and O–H groups in total. The SMILES string of the molecule is COCCN(Cc1ccsc1)C(=O)c1ccc(OC)c(OC)c1OC. The predicted octanol–water partition coefficient (Wildman–Crippen LogP) is 3.06. The Bertz CT molecular complexity index is 687. The molecule has 0 aliphatic rings. The summed E-state index contributed by atoms with van der Waals surface area (Å²) in [6.45, 7) is 1.43. The number of rotatable bonds is 9. The molecular weight excluding hydrogens is 342 g/mol. The Hall–Kier alpha value is -2.25. The second-order valence-electron chi connectivity index (χ2n) is 5.23. The Kier molecular flexibility index (Phi) is 7.09. The quantitative estimate of drug-likeness (QED) is 0.684. The summed E-state index contributed by atoms with van der Waals surface area (Å²) >= 11 is 1.60. The molecule has 2 rings (SSSR count). The van der Waals surface area contributed by atoms with E-state index in [1.807, 2.05) is 16.8 Å². The van der Waals surface area contributed by atoms with E-state index in [0.29, 0.717) is 42.5 Å². The molecule has 2 aromatic rings. The topological polar surface area (TPSA) is 57.2 Å². The third kappa shape index (κ3) is 4.43. The van der Waals surface area contributed by atoms with Crippen LogP contribution in [0.4, 0.5) is 0 Å². The number of carbonyl (C=O) groups excluding carboxylic acids is 1. The van der Waals surface area contributed by atoms with Gasteiger partial charge in [0.1, 0.15) is 0 Å². The minimum atomic E-state index is -0.152. The third-order valence-corrected chi connectivity index (χ3v) is 4.47. The summed E-state index contributed by atoms with van der Waals surface area (Å²) in [5, 5.41) is 4.02. The fourth-order valence-corrected chi connectivity index (χ4v) is 3.16. The Morgan fingerprint density at radius 2 is 1.80 bits per heavy atom. The normalized spacial score (nSPS) is 10.4. The van der Waals surface area contributed by atoms with Crippen LogP contribution in [0.15, 0.2) is 29.0 Å². The van der Waals surface area contributed by atoms with E-state index >= 15 is 0 Å². The molecule has 0 spiro atoms. The van der Waals surface area contributed by atoms with Gasteiger partial charge in [-0.2, -0.15) is 11.3 Å². The average Bonchev–Trinajstić information content (AvgIpc) is 3.16. The number of hydrogen-bond donors (Lipinski definition) is 0. The molecule has 0 saturated heterocycles. The first-order chi connectivity index (χ1) is 12.2. The Morgan fingerprint density at radius 1 is 1.04 bits per heavy atom. The van der Waals surface area contributed by atoms with Gasteiger partial charge in [-0.25, -0.2) is 0 Å². The number of ether oxygens (including phenoxy) is 4. The molecule has 1 aromatic carbocycles. The molecule has 7 heteroatoms. The fourth-order valence-electron chi connectivity index (χ4n) is 2.50. The van der Waals surface area contributed by atoms with Crippen molar-refractivity contribution in [2.75, 3.05) is 41.6 Å². The highest BCUT2D eigenvalue weighted by Gasteiger charge is 2.24. The molecule has 1 aromatic heterocycles. The van der Waals surface area contributed by atoms with E-state index in [2.05, 4.69) is 0 Å². The van der Waals surface area contributed by atoms with Gasteiger partial charge >= 0.3 is 0 Å². The minimum absolute atomic E-state index is 0.152. The zero-order valence-corrected chi connectivity index (χ0v) is 15.7. The fraction of sp³-hybridized carbons (Fsp3) is 0.389. The van der Waals surface area contributed by atoms with Crippen molar-refractivity contribution in [1.82, 2.24) is 4.90 Å². The van der Waals surface area contributed by atoms with Crippen molar-refractivity contribution in [2.45, 2.75) is 6.54 Å². The van der Waals surface area contributed by atoms with Gasteiger partial charge in [-0.05, 0) is 34.5 Å². The van der Waals surface area contributed by atoms with E-state index in [-0.39, 0.29) is 5.91 Å². The number of amides is 1. The van der Waals surface area contributed by atoms with Gasteiger partial charge in [0.25, 0.3) is 5.91 Å². The summed E-state index contributed by atoms with van der Waals surface area (Å²) in [6.07, 6.45) is 0. The summed E-state index contributed by atoms with van der Waals surface area (Å²) in [4.78, 5) is 14.9. The highest BCUT2D eigenvalue weighted by atomic mass is 32.1. The van der Waals surface area contributed by atoms with E-state index in [1.54, 1.807) is 42.6 Å². The summed E-state index contributed by atoms with van der Waals surface area (Å²) in [7, 11) is 6.18. The van der Waals surface area contributed by atoms with Crippen molar-refractivity contribution in [3.63, 3.8) is 0 Å². The first-order valence-electron chi connectivity index (χ1n) is 7.74. The lowest BCUT2D eigenvalue weighted by molar-refractivity contribution is 0.0676. The van der Waals surface area contributed by atoms with Crippen molar-refractivity contribution in [3.8, 4) is 17.2 Å². The lowest BCUT2D eigenvalue weighted by Gasteiger charge is -2.24. The van der Waals surface area contributed by atoms with Gasteiger partial charge in [-0.15, -0.1) is 0 Å². The van der Waals surface area contributed by atoms with Crippen LogP contribution in [0.2, 0.25) is 0 Å². The van der Waals surface area contributed by atoms with E-state index in [9.17, 15) is 4.79 Å². The molecule has 0 aliphatic heterocycles. The largest absolute Gasteiger partial charge is 0.493 e. The van der Waals surface area contributed by atoms with Crippen molar-refractivity contribution in [2.24, 2.45) is 0 Å². The second kappa shape index (κ2) is 9.29. The van der Waals surface area contributed by atoms with Crippen molar-refractivity contribution >= 4 is 17.2 Å².